The van der Waals surface area contributed by atoms with Crippen LogP contribution >= 0.6 is 35.0 Å². The van der Waals surface area contributed by atoms with E-state index in [4.69, 9.17) is 23.2 Å². The number of hydrogen-bond acceptors (Lipinski definition) is 6. The van der Waals surface area contributed by atoms with Crippen LogP contribution in [0.25, 0.3) is 0 Å². The van der Waals surface area contributed by atoms with Crippen LogP contribution in [0.1, 0.15) is 5.56 Å². The maximum Gasteiger partial charge on any atom is 0.242 e. The molecule has 0 saturated carbocycles. The van der Waals surface area contributed by atoms with Crippen molar-refractivity contribution in [3.05, 3.63) is 58.1 Å². The molecule has 1 N–H and O–H groups in total. The molecule has 2 aromatic rings. The summed E-state index contributed by atoms with van der Waals surface area (Å²) >= 11 is 13.8. The number of thioether (sulfide) groups is 1. The zero-order valence-corrected chi connectivity index (χ0v) is 22.2. The van der Waals surface area contributed by atoms with E-state index in [0.29, 0.717) is 28.1 Å². The van der Waals surface area contributed by atoms with Crippen molar-refractivity contribution in [3.63, 3.8) is 0 Å². The van der Waals surface area contributed by atoms with E-state index in [1.165, 1.54) is 50.1 Å². The van der Waals surface area contributed by atoms with E-state index in [1.807, 2.05) is 0 Å². The Kier molecular flexibility index (Phi) is 9.89. The number of anilines is 1. The van der Waals surface area contributed by atoms with Crippen LogP contribution in [0.2, 0.25) is 10.0 Å². The van der Waals surface area contributed by atoms with Gasteiger partial charge in [-0.2, -0.15) is 11.8 Å². The topological polar surface area (TPSA) is 104 Å². The normalized spacial score (nSPS) is 12.1. The first kappa shape index (κ1) is 27.7. The first-order valence-electron chi connectivity index (χ1n) is 9.61. The summed E-state index contributed by atoms with van der Waals surface area (Å²) in [7, 11) is -4.63. The van der Waals surface area contributed by atoms with Gasteiger partial charge in [0.2, 0.25) is 26.0 Å². The molecular formula is C20H25Cl2N3O5S3. The Balaban J connectivity index is 1.95. The molecule has 0 bridgehead atoms. The Morgan fingerprint density at radius 1 is 1.00 bits per heavy atom. The van der Waals surface area contributed by atoms with Gasteiger partial charge >= 0.3 is 0 Å². The molecule has 0 radical (unpaired) electrons. The Morgan fingerprint density at radius 2 is 1.58 bits per heavy atom. The Hall–Kier alpha value is -1.50. The minimum Gasteiger partial charge on any atom is -0.354 e. The van der Waals surface area contributed by atoms with Gasteiger partial charge in [0.25, 0.3) is 0 Å². The Bertz CT molecular complexity index is 1170. The van der Waals surface area contributed by atoms with E-state index < -0.39 is 32.5 Å². The third-order valence-electron chi connectivity index (χ3n) is 4.47. The molecule has 2 aromatic carbocycles. The summed E-state index contributed by atoms with van der Waals surface area (Å²) in [5.74, 6) is 0.664. The first-order chi connectivity index (χ1) is 15.3. The Labute approximate surface area is 209 Å². The number of nitrogens with one attached hydrogen (secondary N) is 1. The molecule has 2 rings (SSSR count). The fraction of sp³-hybridized carbons (Fsp3) is 0.350. The van der Waals surface area contributed by atoms with Crippen molar-refractivity contribution < 1.29 is 21.6 Å². The number of benzene rings is 2. The molecule has 13 heteroatoms. The summed E-state index contributed by atoms with van der Waals surface area (Å²) in [5, 5.41) is 3.84. The molecule has 0 spiro atoms. The van der Waals surface area contributed by atoms with Gasteiger partial charge in [0.05, 0.1) is 16.8 Å². The van der Waals surface area contributed by atoms with E-state index in [2.05, 4.69) is 5.32 Å². The summed E-state index contributed by atoms with van der Waals surface area (Å²) in [4.78, 5) is 12.4. The van der Waals surface area contributed by atoms with Crippen LogP contribution in [-0.4, -0.2) is 66.2 Å². The van der Waals surface area contributed by atoms with Gasteiger partial charge < -0.3 is 5.32 Å². The van der Waals surface area contributed by atoms with E-state index >= 15 is 0 Å². The number of halogens is 2. The average molecular weight is 555 g/mol. The third-order valence-corrected chi connectivity index (χ3v) is 9.13. The van der Waals surface area contributed by atoms with Gasteiger partial charge in [-0.3, -0.25) is 9.10 Å². The van der Waals surface area contributed by atoms with Crippen molar-refractivity contribution in [2.45, 2.75) is 10.6 Å². The summed E-state index contributed by atoms with van der Waals surface area (Å²) in [5.41, 5.74) is 1.01. The van der Waals surface area contributed by atoms with Gasteiger partial charge in [-0.1, -0.05) is 29.3 Å². The molecule has 0 aliphatic carbocycles. The van der Waals surface area contributed by atoms with Crippen molar-refractivity contribution in [2.24, 2.45) is 0 Å². The predicted octanol–water partition coefficient (Wildman–Crippen LogP) is 3.06. The number of carbonyl (C=O) groups excluding carboxylic acids is 1. The molecule has 33 heavy (non-hydrogen) atoms. The number of nitrogens with zero attached hydrogens (tertiary/aromatic N) is 2. The van der Waals surface area contributed by atoms with Gasteiger partial charge in [0, 0.05) is 42.2 Å². The lowest BCUT2D eigenvalue weighted by Crippen LogP contribution is -2.41. The Morgan fingerprint density at radius 3 is 2.09 bits per heavy atom. The van der Waals surface area contributed by atoms with Crippen LogP contribution in [0.4, 0.5) is 5.69 Å². The van der Waals surface area contributed by atoms with Crippen LogP contribution in [0.3, 0.4) is 0 Å². The molecule has 1 amide bonds. The zero-order valence-electron chi connectivity index (χ0n) is 18.3. The zero-order chi connectivity index (χ0) is 24.8. The fourth-order valence-corrected chi connectivity index (χ4v) is 6.04. The molecule has 0 aliphatic heterocycles. The molecule has 8 nitrogen and oxygen atoms in total. The molecule has 182 valence electrons. The van der Waals surface area contributed by atoms with Crippen LogP contribution in [-0.2, 0) is 30.6 Å². The maximum atomic E-state index is 12.4. The van der Waals surface area contributed by atoms with E-state index in [1.54, 1.807) is 18.2 Å². The van der Waals surface area contributed by atoms with Crippen LogP contribution in [0, 0.1) is 0 Å². The number of amides is 1. The van der Waals surface area contributed by atoms with Gasteiger partial charge in [-0.25, -0.2) is 21.1 Å². The standard InChI is InChI=1S/C20H25Cl2N3O5S3/c1-24(2)33(29,30)16-9-7-15(8-10-16)25(32(3,27)28)13-20(26)23-11-12-31-14-17-18(21)5-4-6-19(17)22/h4-10H,11-14H2,1-3H3,(H,23,26). The van der Waals surface area contributed by atoms with Crippen LogP contribution in [0.5, 0.6) is 0 Å². The number of carbonyl (C=O) groups is 1. The maximum absolute atomic E-state index is 12.4. The smallest absolute Gasteiger partial charge is 0.242 e. The van der Waals surface area contributed by atoms with E-state index in [0.717, 1.165) is 20.4 Å². The monoisotopic (exact) mass is 553 g/mol. The van der Waals surface area contributed by atoms with Crippen LogP contribution in [0.15, 0.2) is 47.4 Å². The lowest BCUT2D eigenvalue weighted by atomic mass is 10.2. The molecule has 0 aliphatic rings. The number of sulfonamides is 2. The van der Waals surface area contributed by atoms with Gasteiger partial charge in [0.15, 0.2) is 0 Å². The molecular weight excluding hydrogens is 529 g/mol. The highest BCUT2D eigenvalue weighted by Crippen LogP contribution is 2.28. The minimum absolute atomic E-state index is 0.0183. The van der Waals surface area contributed by atoms with Gasteiger partial charge in [0.1, 0.15) is 6.54 Å². The van der Waals surface area contributed by atoms with Crippen molar-refractivity contribution >= 4 is 66.6 Å². The molecule has 0 aromatic heterocycles. The van der Waals surface area contributed by atoms with Crippen LogP contribution < -0.4 is 9.62 Å². The largest absolute Gasteiger partial charge is 0.354 e. The van der Waals surface area contributed by atoms with Gasteiger partial charge in [-0.05, 0) is 42.0 Å². The van der Waals surface area contributed by atoms with Crippen molar-refractivity contribution in [1.29, 1.82) is 0 Å². The summed E-state index contributed by atoms with van der Waals surface area (Å²) < 4.78 is 50.9. The quantitative estimate of drug-likeness (QED) is 0.429. The summed E-state index contributed by atoms with van der Waals surface area (Å²) in [6, 6.07) is 10.6. The van der Waals surface area contributed by atoms with Crippen molar-refractivity contribution in [1.82, 2.24) is 9.62 Å². The minimum atomic E-state index is -3.78. The predicted molar refractivity (Wildman–Crippen MR) is 135 cm³/mol. The SMILES string of the molecule is CN(C)S(=O)(=O)c1ccc(N(CC(=O)NCCSCc2c(Cl)cccc2Cl)S(C)(=O)=O)cc1. The van der Waals surface area contributed by atoms with E-state index in [-0.39, 0.29) is 10.6 Å². The average Bonchev–Trinajstić information content (AvgIpc) is 2.73. The highest BCUT2D eigenvalue weighted by Gasteiger charge is 2.22. The van der Waals surface area contributed by atoms with Crippen molar-refractivity contribution in [2.75, 3.05) is 43.5 Å². The highest BCUT2D eigenvalue weighted by molar-refractivity contribution is 7.98. The van der Waals surface area contributed by atoms with Gasteiger partial charge in [-0.15, -0.1) is 0 Å². The molecule has 0 unspecified atom stereocenters. The highest BCUT2D eigenvalue weighted by atomic mass is 35.5. The second-order valence-electron chi connectivity index (χ2n) is 7.15. The second kappa shape index (κ2) is 11.8. The first-order valence-corrected chi connectivity index (χ1v) is 14.8. The lowest BCUT2D eigenvalue weighted by Gasteiger charge is -2.22. The lowest BCUT2D eigenvalue weighted by molar-refractivity contribution is -0.119. The molecule has 0 fully saturated rings. The third kappa shape index (κ3) is 7.76. The summed E-state index contributed by atoms with van der Waals surface area (Å²) in [6.45, 7) is -0.108. The number of hydrogen-bond donors (Lipinski definition) is 1. The molecule has 0 saturated heterocycles. The van der Waals surface area contributed by atoms with E-state index in [9.17, 15) is 21.6 Å². The molecule has 0 heterocycles. The summed E-state index contributed by atoms with van der Waals surface area (Å²) in [6.07, 6.45) is 0.980. The second-order valence-corrected chi connectivity index (χ2v) is 13.1. The van der Waals surface area contributed by atoms with Crippen molar-refractivity contribution in [3.8, 4) is 0 Å². The molecule has 0 atom stereocenters. The fourth-order valence-electron chi connectivity index (χ4n) is 2.69. The number of rotatable bonds is 11.